The number of carbonyl (C=O) groups is 2. The minimum atomic E-state index is -0.686. The molecule has 3 rings (SSSR count). The zero-order valence-electron chi connectivity index (χ0n) is 17.0. The largest absolute Gasteiger partial charge is 0.460 e. The molecule has 3 aliphatic rings. The molecule has 3 saturated carbocycles. The number of carbonyl (C=O) groups excluding carboxylic acids is 2. The molecule has 5 unspecified atom stereocenters. The van der Waals surface area contributed by atoms with Gasteiger partial charge in [-0.05, 0) is 42.9 Å². The third-order valence-electron chi connectivity index (χ3n) is 8.70. The minimum absolute atomic E-state index is 0.0433. The Morgan fingerprint density at radius 1 is 1.33 bits per heavy atom. The number of ether oxygens (including phenoxy) is 1. The molecule has 0 aromatic carbocycles. The van der Waals surface area contributed by atoms with Gasteiger partial charge in [0.25, 0.3) is 0 Å². The van der Waals surface area contributed by atoms with Gasteiger partial charge in [0.2, 0.25) is 0 Å². The summed E-state index contributed by atoms with van der Waals surface area (Å²) < 4.78 is 5.77. The number of hydrogen-bond donors (Lipinski definition) is 2. The van der Waals surface area contributed by atoms with E-state index >= 15 is 0 Å². The highest BCUT2D eigenvalue weighted by Gasteiger charge is 2.68. The van der Waals surface area contributed by atoms with Crippen molar-refractivity contribution in [3.8, 4) is 0 Å². The maximum absolute atomic E-state index is 13.1. The van der Waals surface area contributed by atoms with Crippen LogP contribution in [0, 0.1) is 34.0 Å². The van der Waals surface area contributed by atoms with Crippen molar-refractivity contribution in [3.05, 3.63) is 12.7 Å². The highest BCUT2D eigenvalue weighted by atomic mass is 16.6. The molecule has 2 N–H and O–H groups in total. The normalized spacial score (nSPS) is 49.7. The lowest BCUT2D eigenvalue weighted by molar-refractivity contribution is -0.207. The highest BCUT2D eigenvalue weighted by Crippen LogP contribution is 2.67. The van der Waals surface area contributed by atoms with Gasteiger partial charge in [0.15, 0.2) is 0 Å². The van der Waals surface area contributed by atoms with Crippen molar-refractivity contribution in [2.75, 3.05) is 6.61 Å². The van der Waals surface area contributed by atoms with Crippen LogP contribution in [0.2, 0.25) is 0 Å². The van der Waals surface area contributed by atoms with Crippen molar-refractivity contribution in [1.29, 1.82) is 0 Å². The summed E-state index contributed by atoms with van der Waals surface area (Å²) in [6.45, 7) is 11.5. The molecule has 0 heterocycles. The first-order valence-electron chi connectivity index (χ1n) is 10.2. The average Bonchev–Trinajstić information content (AvgIpc) is 3.00. The van der Waals surface area contributed by atoms with E-state index in [0.29, 0.717) is 12.8 Å². The first-order valence-corrected chi connectivity index (χ1v) is 10.2. The van der Waals surface area contributed by atoms with Gasteiger partial charge in [-0.15, -0.1) is 6.58 Å². The topological polar surface area (TPSA) is 83.8 Å². The molecule has 0 aromatic rings. The second-order valence-corrected chi connectivity index (χ2v) is 9.72. The summed E-state index contributed by atoms with van der Waals surface area (Å²) in [5.41, 5.74) is -1.43. The van der Waals surface area contributed by atoms with Gasteiger partial charge in [0.05, 0.1) is 6.10 Å². The Hall–Kier alpha value is -1.20. The van der Waals surface area contributed by atoms with E-state index in [1.807, 2.05) is 6.92 Å². The highest BCUT2D eigenvalue weighted by molar-refractivity contribution is 5.85. The van der Waals surface area contributed by atoms with E-state index in [9.17, 15) is 19.8 Å². The summed E-state index contributed by atoms with van der Waals surface area (Å²) in [5, 5.41) is 20.6. The standard InChI is InChI=1S/C22H34O5/c1-6-20(4)11-16(27-17(25)12-23)21(5)13(2)7-9-22(14(3)19(20)26)10-8-15(24)18(21)22/h6,13-14,16,18-19,23,26H,1,7-12H2,2-5H3/t13?,14?,16-,18?,19?,20-,21+,22?/m1/s1. The van der Waals surface area contributed by atoms with Crippen LogP contribution in [0.4, 0.5) is 0 Å². The Kier molecular flexibility index (Phi) is 5.09. The van der Waals surface area contributed by atoms with Crippen LogP contribution in [0.25, 0.3) is 0 Å². The van der Waals surface area contributed by atoms with Crippen LogP contribution in [0.15, 0.2) is 12.7 Å². The van der Waals surface area contributed by atoms with Crippen molar-refractivity contribution in [3.63, 3.8) is 0 Å². The molecule has 5 heteroatoms. The predicted molar refractivity (Wildman–Crippen MR) is 102 cm³/mol. The predicted octanol–water partition coefficient (Wildman–Crippen LogP) is 2.89. The lowest BCUT2D eigenvalue weighted by atomic mass is 9.44. The summed E-state index contributed by atoms with van der Waals surface area (Å²) in [6.07, 6.45) is 4.10. The van der Waals surface area contributed by atoms with Crippen LogP contribution < -0.4 is 0 Å². The molecule has 3 fully saturated rings. The average molecular weight is 379 g/mol. The molecular formula is C22H34O5. The fraction of sp³-hybridized carbons (Fsp3) is 0.818. The van der Waals surface area contributed by atoms with E-state index in [1.165, 1.54) is 0 Å². The maximum atomic E-state index is 13.1. The molecule has 0 aliphatic heterocycles. The zero-order chi connectivity index (χ0) is 20.2. The third kappa shape index (κ3) is 2.72. The lowest BCUT2D eigenvalue weighted by Crippen LogP contribution is -2.63. The molecule has 0 saturated heterocycles. The van der Waals surface area contributed by atoms with Crippen molar-refractivity contribution in [2.24, 2.45) is 34.0 Å². The van der Waals surface area contributed by atoms with Crippen LogP contribution in [0.3, 0.4) is 0 Å². The number of hydrogen-bond acceptors (Lipinski definition) is 5. The van der Waals surface area contributed by atoms with E-state index in [4.69, 9.17) is 4.74 Å². The summed E-state index contributed by atoms with van der Waals surface area (Å²) in [7, 11) is 0. The van der Waals surface area contributed by atoms with Gasteiger partial charge in [0, 0.05) is 23.2 Å². The third-order valence-corrected chi connectivity index (χ3v) is 8.70. The molecule has 152 valence electrons. The quantitative estimate of drug-likeness (QED) is 0.583. The van der Waals surface area contributed by atoms with Gasteiger partial charge in [0.1, 0.15) is 18.5 Å². The summed E-state index contributed by atoms with van der Waals surface area (Å²) >= 11 is 0. The van der Waals surface area contributed by atoms with Crippen molar-refractivity contribution in [1.82, 2.24) is 0 Å². The van der Waals surface area contributed by atoms with Crippen LogP contribution in [0.1, 0.15) is 59.8 Å². The number of aliphatic hydroxyl groups excluding tert-OH is 2. The molecule has 0 spiro atoms. The van der Waals surface area contributed by atoms with Gasteiger partial charge in [-0.2, -0.15) is 0 Å². The van der Waals surface area contributed by atoms with Gasteiger partial charge >= 0.3 is 5.97 Å². The first-order chi connectivity index (χ1) is 12.6. The van der Waals surface area contributed by atoms with Crippen LogP contribution >= 0.6 is 0 Å². The number of ketones is 1. The number of Topliss-reactive ketones (excluding diaryl/α,β-unsaturated/α-hetero) is 1. The van der Waals surface area contributed by atoms with Crippen LogP contribution in [-0.2, 0) is 14.3 Å². The van der Waals surface area contributed by atoms with E-state index in [1.54, 1.807) is 6.08 Å². The molecule has 3 aliphatic carbocycles. The molecule has 5 nitrogen and oxygen atoms in total. The molecule has 0 radical (unpaired) electrons. The van der Waals surface area contributed by atoms with Crippen LogP contribution in [-0.4, -0.2) is 40.8 Å². The van der Waals surface area contributed by atoms with Crippen LogP contribution in [0.5, 0.6) is 0 Å². The Balaban J connectivity index is 2.21. The molecule has 0 aromatic heterocycles. The SMILES string of the molecule is C=C[C@]1(C)C[C@@H](OC(=O)CO)[C@]2(C)C(C)CCC3(CCC(=O)C32)C(C)C1O. The number of esters is 1. The first kappa shape index (κ1) is 20.5. The Morgan fingerprint density at radius 2 is 2.00 bits per heavy atom. The van der Waals surface area contributed by atoms with Crippen molar-refractivity contribution in [2.45, 2.75) is 72.0 Å². The monoisotopic (exact) mass is 378 g/mol. The van der Waals surface area contributed by atoms with E-state index in [-0.39, 0.29) is 29.0 Å². The number of aliphatic hydroxyl groups is 2. The van der Waals surface area contributed by atoms with Gasteiger partial charge in [-0.1, -0.05) is 33.8 Å². The molecule has 8 atom stereocenters. The maximum Gasteiger partial charge on any atom is 0.332 e. The minimum Gasteiger partial charge on any atom is -0.460 e. The molecule has 2 bridgehead atoms. The van der Waals surface area contributed by atoms with E-state index in [0.717, 1.165) is 19.3 Å². The zero-order valence-corrected chi connectivity index (χ0v) is 17.0. The summed E-state index contributed by atoms with van der Waals surface area (Å²) in [5.74, 6) is -0.520. The molecule has 27 heavy (non-hydrogen) atoms. The van der Waals surface area contributed by atoms with Gasteiger partial charge < -0.3 is 14.9 Å². The van der Waals surface area contributed by atoms with E-state index < -0.39 is 35.6 Å². The van der Waals surface area contributed by atoms with E-state index in [2.05, 4.69) is 27.4 Å². The Bertz CT molecular complexity index is 645. The van der Waals surface area contributed by atoms with Gasteiger partial charge in [-0.3, -0.25) is 4.79 Å². The Labute approximate surface area is 162 Å². The Morgan fingerprint density at radius 3 is 2.59 bits per heavy atom. The number of rotatable bonds is 3. The molecule has 0 amide bonds. The van der Waals surface area contributed by atoms with Gasteiger partial charge in [-0.25, -0.2) is 4.79 Å². The second-order valence-electron chi connectivity index (χ2n) is 9.72. The smallest absolute Gasteiger partial charge is 0.332 e. The fourth-order valence-corrected chi connectivity index (χ4v) is 6.70. The fourth-order valence-electron chi connectivity index (χ4n) is 6.70. The summed E-state index contributed by atoms with van der Waals surface area (Å²) in [4.78, 5) is 25.2. The second kappa shape index (κ2) is 6.70. The summed E-state index contributed by atoms with van der Waals surface area (Å²) in [6, 6.07) is 0. The van der Waals surface area contributed by atoms with Crippen molar-refractivity contribution < 1.29 is 24.5 Å². The van der Waals surface area contributed by atoms with Crippen molar-refractivity contribution >= 4 is 11.8 Å². The molecular weight excluding hydrogens is 344 g/mol. The lowest BCUT2D eigenvalue weighted by Gasteiger charge is -2.61.